The van der Waals surface area contributed by atoms with Gasteiger partial charge in [-0.1, -0.05) is 101 Å². The van der Waals surface area contributed by atoms with E-state index in [1.165, 1.54) is 12.0 Å². The Kier molecular flexibility index (Phi) is 12.6. The molecule has 0 N–H and O–H groups in total. The van der Waals surface area contributed by atoms with Gasteiger partial charge in [-0.05, 0) is 29.7 Å². The molecule has 0 spiro atoms. The van der Waals surface area contributed by atoms with Gasteiger partial charge in [0.2, 0.25) is 0 Å². The summed E-state index contributed by atoms with van der Waals surface area (Å²) in [5.74, 6) is 0. The van der Waals surface area contributed by atoms with Crippen LogP contribution in [-0.2, 0) is 0 Å². The van der Waals surface area contributed by atoms with Crippen molar-refractivity contribution in [3.05, 3.63) is 83.9 Å². The fourth-order valence-corrected chi connectivity index (χ4v) is 2.00. The van der Waals surface area contributed by atoms with Gasteiger partial charge in [0, 0.05) is 18.8 Å². The topological polar surface area (TPSA) is 12.4 Å². The maximum Gasteiger partial charge on any atom is 0.0287 e. The molecule has 0 radical (unpaired) electrons. The van der Waals surface area contributed by atoms with Gasteiger partial charge in [0.05, 0.1) is 0 Å². The monoisotopic (exact) mass is 335 g/mol. The molecular weight excluding hydrogens is 302 g/mol. The first kappa shape index (κ1) is 22.6. The zero-order valence-electron chi connectivity index (χ0n) is 16.7. The lowest BCUT2D eigenvalue weighted by atomic mass is 10.00. The Bertz CT molecular complexity index is 646. The zero-order chi connectivity index (χ0) is 19.1. The van der Waals surface area contributed by atoms with E-state index < -0.39 is 0 Å². The molecule has 1 heteroatoms. The van der Waals surface area contributed by atoms with E-state index in [0.29, 0.717) is 0 Å². The Labute approximate surface area is 154 Å². The summed E-state index contributed by atoms with van der Waals surface area (Å²) in [5, 5.41) is 0. The molecule has 0 amide bonds. The number of benzene rings is 2. The van der Waals surface area contributed by atoms with Crippen LogP contribution in [0, 0.1) is 6.92 Å². The van der Waals surface area contributed by atoms with Crippen LogP contribution in [0.2, 0.25) is 0 Å². The van der Waals surface area contributed by atoms with E-state index in [1.54, 1.807) is 7.05 Å². The normalized spacial score (nSPS) is 10.4. The van der Waals surface area contributed by atoms with Gasteiger partial charge in [0.25, 0.3) is 0 Å². The van der Waals surface area contributed by atoms with Gasteiger partial charge in [0.1, 0.15) is 0 Å². The Morgan fingerprint density at radius 2 is 1.44 bits per heavy atom. The van der Waals surface area contributed by atoms with Gasteiger partial charge in [-0.25, -0.2) is 0 Å². The average molecular weight is 336 g/mol. The first-order chi connectivity index (χ1) is 12.1. The molecule has 25 heavy (non-hydrogen) atoms. The van der Waals surface area contributed by atoms with Gasteiger partial charge in [-0.3, -0.25) is 4.99 Å². The first-order valence-corrected chi connectivity index (χ1v) is 9.07. The number of hydrogen-bond acceptors (Lipinski definition) is 1. The largest absolute Gasteiger partial charge is 0.296 e. The molecule has 0 unspecified atom stereocenters. The maximum absolute atomic E-state index is 4.15. The number of aryl methyl sites for hydroxylation is 1. The SMILES string of the molecule is C=C(/C=C(\C=NC)c1ccc(C)cc1)c1ccccc1.CC.CCC. The molecule has 0 atom stereocenters. The van der Waals surface area contributed by atoms with E-state index in [4.69, 9.17) is 0 Å². The number of allylic oxidation sites excluding steroid dienone is 3. The smallest absolute Gasteiger partial charge is 0.0287 e. The van der Waals surface area contributed by atoms with Crippen molar-refractivity contribution in [3.8, 4) is 0 Å². The van der Waals surface area contributed by atoms with Crippen LogP contribution in [0.1, 0.15) is 50.8 Å². The van der Waals surface area contributed by atoms with E-state index in [2.05, 4.69) is 74.8 Å². The molecule has 0 heterocycles. The highest BCUT2D eigenvalue weighted by molar-refractivity contribution is 6.12. The van der Waals surface area contributed by atoms with Crippen molar-refractivity contribution < 1.29 is 0 Å². The molecule has 0 aliphatic carbocycles. The molecule has 0 fully saturated rings. The van der Waals surface area contributed by atoms with Crippen LogP contribution in [-0.4, -0.2) is 13.3 Å². The average Bonchev–Trinajstić information content (AvgIpc) is 2.65. The van der Waals surface area contributed by atoms with Crippen molar-refractivity contribution in [2.24, 2.45) is 4.99 Å². The van der Waals surface area contributed by atoms with Gasteiger partial charge in [0.15, 0.2) is 0 Å². The van der Waals surface area contributed by atoms with E-state index in [-0.39, 0.29) is 0 Å². The zero-order valence-corrected chi connectivity index (χ0v) is 16.7. The quantitative estimate of drug-likeness (QED) is 0.412. The van der Waals surface area contributed by atoms with Gasteiger partial charge in [-0.2, -0.15) is 0 Å². The fraction of sp³-hybridized carbons (Fsp3) is 0.292. The van der Waals surface area contributed by atoms with E-state index in [1.807, 2.05) is 38.3 Å². The Morgan fingerprint density at radius 1 is 0.920 bits per heavy atom. The molecule has 134 valence electrons. The highest BCUT2D eigenvalue weighted by atomic mass is 14.6. The predicted molar refractivity (Wildman–Crippen MR) is 116 cm³/mol. The minimum Gasteiger partial charge on any atom is -0.296 e. The minimum atomic E-state index is 0.987. The van der Waals surface area contributed by atoms with Crippen LogP contribution >= 0.6 is 0 Å². The molecule has 2 aromatic carbocycles. The summed E-state index contributed by atoms with van der Waals surface area (Å²) >= 11 is 0. The highest BCUT2D eigenvalue weighted by Crippen LogP contribution is 2.20. The molecule has 0 saturated carbocycles. The van der Waals surface area contributed by atoms with Crippen molar-refractivity contribution in [3.63, 3.8) is 0 Å². The molecule has 0 aromatic heterocycles. The predicted octanol–water partition coefficient (Wildman–Crippen LogP) is 7.23. The third-order valence-electron chi connectivity index (χ3n) is 3.13. The molecule has 2 rings (SSSR count). The summed E-state index contributed by atoms with van der Waals surface area (Å²) < 4.78 is 0. The third kappa shape index (κ3) is 8.85. The molecular formula is C24H33N. The number of aliphatic imine (C=N–C) groups is 1. The Balaban J connectivity index is 0.00000104. The summed E-state index contributed by atoms with van der Waals surface area (Å²) in [6, 6.07) is 18.6. The Morgan fingerprint density at radius 3 is 1.92 bits per heavy atom. The highest BCUT2D eigenvalue weighted by Gasteiger charge is 2.01. The molecule has 1 nitrogen and oxygen atoms in total. The van der Waals surface area contributed by atoms with Crippen LogP contribution in [0.15, 0.2) is 72.2 Å². The summed E-state index contributed by atoms with van der Waals surface area (Å²) in [6.07, 6.45) is 5.20. The van der Waals surface area contributed by atoms with Crippen molar-refractivity contribution >= 4 is 17.4 Å². The fourth-order valence-electron chi connectivity index (χ4n) is 2.00. The lowest BCUT2D eigenvalue weighted by Gasteiger charge is -2.06. The lowest BCUT2D eigenvalue weighted by Crippen LogP contribution is -1.88. The van der Waals surface area contributed by atoms with Crippen molar-refractivity contribution in [2.45, 2.75) is 41.0 Å². The van der Waals surface area contributed by atoms with Crippen LogP contribution in [0.5, 0.6) is 0 Å². The number of hydrogen-bond donors (Lipinski definition) is 0. The van der Waals surface area contributed by atoms with Crippen LogP contribution < -0.4 is 0 Å². The maximum atomic E-state index is 4.15. The number of nitrogens with zero attached hydrogens (tertiary/aromatic N) is 1. The minimum absolute atomic E-state index is 0.987. The van der Waals surface area contributed by atoms with Crippen molar-refractivity contribution in [1.29, 1.82) is 0 Å². The lowest BCUT2D eigenvalue weighted by molar-refractivity contribution is 1.09. The Hall–Kier alpha value is -2.41. The summed E-state index contributed by atoms with van der Waals surface area (Å²) in [5.41, 5.74) is 5.59. The molecule has 0 aliphatic rings. The van der Waals surface area contributed by atoms with Gasteiger partial charge < -0.3 is 0 Å². The van der Waals surface area contributed by atoms with Crippen LogP contribution in [0.25, 0.3) is 11.1 Å². The van der Waals surface area contributed by atoms with Gasteiger partial charge >= 0.3 is 0 Å². The second-order valence-electron chi connectivity index (χ2n) is 5.45. The molecule has 0 bridgehead atoms. The van der Waals surface area contributed by atoms with E-state index in [9.17, 15) is 0 Å². The second kappa shape index (κ2) is 14.0. The molecule has 2 aromatic rings. The summed E-state index contributed by atoms with van der Waals surface area (Å²) in [7, 11) is 1.79. The van der Waals surface area contributed by atoms with Crippen molar-refractivity contribution in [1.82, 2.24) is 0 Å². The number of rotatable bonds is 4. The van der Waals surface area contributed by atoms with Crippen molar-refractivity contribution in [2.75, 3.05) is 7.05 Å². The van der Waals surface area contributed by atoms with Crippen LogP contribution in [0.3, 0.4) is 0 Å². The molecule has 0 aliphatic heterocycles. The summed E-state index contributed by atoms with van der Waals surface area (Å²) in [6.45, 7) is 14.5. The first-order valence-electron chi connectivity index (χ1n) is 9.07. The van der Waals surface area contributed by atoms with Gasteiger partial charge in [-0.15, -0.1) is 0 Å². The summed E-state index contributed by atoms with van der Waals surface area (Å²) in [4.78, 5) is 4.15. The van der Waals surface area contributed by atoms with E-state index >= 15 is 0 Å². The molecule has 0 saturated heterocycles. The standard InChI is InChI=1S/C19H19N.C3H8.C2H6/c1-15-9-11-18(12-10-15)19(14-20-3)13-16(2)17-7-5-4-6-8-17;1-3-2;1-2/h4-14H,2H2,1,3H3;3H2,1-2H3;1-2H3/b19-13+,20-14?;;. The van der Waals surface area contributed by atoms with E-state index in [0.717, 1.165) is 22.3 Å². The second-order valence-corrected chi connectivity index (χ2v) is 5.45. The third-order valence-corrected chi connectivity index (χ3v) is 3.13. The van der Waals surface area contributed by atoms with Crippen LogP contribution in [0.4, 0.5) is 0 Å².